The van der Waals surface area contributed by atoms with E-state index in [0.29, 0.717) is 13.2 Å². The zero-order valence-corrected chi connectivity index (χ0v) is 17.8. The molecule has 0 amide bonds. The number of unbranched alkanes of at least 4 members (excludes halogenated alkanes) is 1. The Morgan fingerprint density at radius 1 is 1.19 bits per heavy atom. The maximum atomic E-state index is 5.99. The van der Waals surface area contributed by atoms with Gasteiger partial charge < -0.3 is 14.3 Å². The van der Waals surface area contributed by atoms with Crippen molar-refractivity contribution in [2.75, 3.05) is 13.2 Å². The van der Waals surface area contributed by atoms with Crippen molar-refractivity contribution in [1.82, 2.24) is 0 Å². The summed E-state index contributed by atoms with van der Waals surface area (Å²) in [6, 6.07) is 3.96. The van der Waals surface area contributed by atoms with Crippen molar-refractivity contribution in [3.8, 4) is 11.5 Å². The van der Waals surface area contributed by atoms with Crippen LogP contribution in [0.1, 0.15) is 51.7 Å². The molecule has 0 atom stereocenters. The largest absolute Gasteiger partial charge is 0.493 e. The van der Waals surface area contributed by atoms with Crippen LogP contribution in [0.2, 0.25) is 0 Å². The quantitative estimate of drug-likeness (QED) is 0.265. The third-order valence-electron chi connectivity index (χ3n) is 3.32. The molecule has 0 heterocycles. The number of halogens is 2. The molecule has 0 saturated carbocycles. The highest BCUT2D eigenvalue weighted by Crippen LogP contribution is 2.30. The zero-order valence-electron chi connectivity index (χ0n) is 16.3. The third-order valence-corrected chi connectivity index (χ3v) is 3.63. The molecule has 6 heteroatoms. The van der Waals surface area contributed by atoms with Gasteiger partial charge in [-0.15, -0.1) is 0 Å². The van der Waals surface area contributed by atoms with E-state index in [1.807, 2.05) is 39.8 Å². The molecule has 0 spiro atoms. The molecule has 0 radical (unpaired) electrons. The first-order valence-corrected chi connectivity index (χ1v) is 9.58. The normalized spacial score (nSPS) is 11.5. The van der Waals surface area contributed by atoms with Crippen molar-refractivity contribution in [2.24, 2.45) is 5.16 Å². The molecular formula is C20H29Cl2NO3. The molecule has 26 heavy (non-hydrogen) atoms. The Bertz CT molecular complexity index is 618. The van der Waals surface area contributed by atoms with E-state index in [2.05, 4.69) is 12.1 Å². The van der Waals surface area contributed by atoms with E-state index in [-0.39, 0.29) is 10.1 Å². The first-order chi connectivity index (χ1) is 12.2. The van der Waals surface area contributed by atoms with Gasteiger partial charge in [0.2, 0.25) is 0 Å². The molecule has 1 rings (SSSR count). The summed E-state index contributed by atoms with van der Waals surface area (Å²) in [5.41, 5.74) is 1.91. The number of aryl methyl sites for hydroxylation is 2. The average molecular weight is 402 g/mol. The Kier molecular flexibility index (Phi) is 9.89. The van der Waals surface area contributed by atoms with Crippen molar-refractivity contribution < 1.29 is 14.3 Å². The molecule has 146 valence electrons. The molecule has 0 saturated heterocycles. The van der Waals surface area contributed by atoms with E-state index in [1.54, 1.807) is 12.3 Å². The molecule has 1 aromatic rings. The number of benzene rings is 1. The standard InChI is InChI=1S/C20H29Cl2NO3/c1-6-16-14-17(24-12-9-18(21)22)13-15(2)19(16)25-11-8-7-10-23-26-20(3,4)5/h9-10,13-14H,6-8,11-12H2,1-5H3. The number of hydrogen-bond donors (Lipinski definition) is 0. The molecular weight excluding hydrogens is 373 g/mol. The predicted molar refractivity (Wildman–Crippen MR) is 110 cm³/mol. The Labute approximate surface area is 167 Å². The van der Waals surface area contributed by atoms with Crippen LogP contribution >= 0.6 is 23.2 Å². The van der Waals surface area contributed by atoms with E-state index in [0.717, 1.165) is 41.9 Å². The molecule has 0 unspecified atom stereocenters. The summed E-state index contributed by atoms with van der Waals surface area (Å²) in [7, 11) is 0. The summed E-state index contributed by atoms with van der Waals surface area (Å²) in [5.74, 6) is 1.71. The van der Waals surface area contributed by atoms with Gasteiger partial charge in [-0.2, -0.15) is 0 Å². The number of hydrogen-bond acceptors (Lipinski definition) is 4. The molecule has 0 aliphatic rings. The van der Waals surface area contributed by atoms with Gasteiger partial charge in [-0.1, -0.05) is 35.3 Å². The number of ether oxygens (including phenoxy) is 2. The van der Waals surface area contributed by atoms with E-state index in [4.69, 9.17) is 37.5 Å². The maximum Gasteiger partial charge on any atom is 0.129 e. The van der Waals surface area contributed by atoms with Crippen LogP contribution in [0, 0.1) is 6.92 Å². The fourth-order valence-electron chi connectivity index (χ4n) is 2.16. The lowest BCUT2D eigenvalue weighted by atomic mass is 10.1. The van der Waals surface area contributed by atoms with Crippen LogP contribution in [0.3, 0.4) is 0 Å². The molecule has 4 nitrogen and oxygen atoms in total. The monoisotopic (exact) mass is 401 g/mol. The molecule has 0 aliphatic heterocycles. The van der Waals surface area contributed by atoms with E-state index < -0.39 is 0 Å². The second-order valence-electron chi connectivity index (χ2n) is 6.87. The molecule has 0 aromatic heterocycles. The first-order valence-electron chi connectivity index (χ1n) is 8.83. The highest BCUT2D eigenvalue weighted by Gasteiger charge is 2.10. The van der Waals surface area contributed by atoms with Gasteiger partial charge in [-0.25, -0.2) is 0 Å². The highest BCUT2D eigenvalue weighted by atomic mass is 35.5. The van der Waals surface area contributed by atoms with E-state index >= 15 is 0 Å². The van der Waals surface area contributed by atoms with Gasteiger partial charge in [0.1, 0.15) is 28.2 Å². The first kappa shape index (κ1) is 22.7. The number of oxime groups is 1. The summed E-state index contributed by atoms with van der Waals surface area (Å²) in [4.78, 5) is 5.30. The van der Waals surface area contributed by atoms with Gasteiger partial charge in [-0.3, -0.25) is 0 Å². The van der Waals surface area contributed by atoms with Crippen LogP contribution in [0.5, 0.6) is 11.5 Å². The minimum absolute atomic E-state index is 0.203. The lowest BCUT2D eigenvalue weighted by Crippen LogP contribution is -2.15. The minimum Gasteiger partial charge on any atom is -0.493 e. The van der Waals surface area contributed by atoms with Crippen molar-refractivity contribution in [3.05, 3.63) is 33.8 Å². The maximum absolute atomic E-state index is 5.99. The zero-order chi connectivity index (χ0) is 19.6. The molecule has 0 aliphatic carbocycles. The summed E-state index contributed by atoms with van der Waals surface area (Å²) in [6.07, 6.45) is 5.94. The Balaban J connectivity index is 2.54. The van der Waals surface area contributed by atoms with Gasteiger partial charge in [-0.05, 0) is 76.3 Å². The van der Waals surface area contributed by atoms with Crippen LogP contribution in [-0.2, 0) is 11.3 Å². The van der Waals surface area contributed by atoms with Crippen LogP contribution in [-0.4, -0.2) is 25.0 Å². The number of rotatable bonds is 10. The van der Waals surface area contributed by atoms with Crippen molar-refractivity contribution in [3.63, 3.8) is 0 Å². The van der Waals surface area contributed by atoms with Crippen molar-refractivity contribution in [2.45, 2.75) is 59.5 Å². The molecule has 1 aromatic carbocycles. The molecule has 0 N–H and O–H groups in total. The Morgan fingerprint density at radius 3 is 2.54 bits per heavy atom. The fraction of sp³-hybridized carbons (Fsp3) is 0.550. The van der Waals surface area contributed by atoms with Crippen LogP contribution in [0.4, 0.5) is 0 Å². The van der Waals surface area contributed by atoms with Gasteiger partial charge in [0.05, 0.1) is 6.61 Å². The van der Waals surface area contributed by atoms with Crippen molar-refractivity contribution in [1.29, 1.82) is 0 Å². The lowest BCUT2D eigenvalue weighted by Gasteiger charge is -2.16. The SMILES string of the molecule is CCc1cc(OCC=C(Cl)Cl)cc(C)c1OCCCC=NOC(C)(C)C. The summed E-state index contributed by atoms with van der Waals surface area (Å²) in [5, 5.41) is 3.97. The lowest BCUT2D eigenvalue weighted by molar-refractivity contribution is 0.00155. The average Bonchev–Trinajstić information content (AvgIpc) is 2.53. The van der Waals surface area contributed by atoms with Gasteiger partial charge in [0.25, 0.3) is 0 Å². The third kappa shape index (κ3) is 9.35. The summed E-state index contributed by atoms with van der Waals surface area (Å²) >= 11 is 11.2. The Morgan fingerprint density at radius 2 is 1.92 bits per heavy atom. The minimum atomic E-state index is -0.255. The van der Waals surface area contributed by atoms with Crippen molar-refractivity contribution >= 4 is 29.4 Å². The molecule has 0 bridgehead atoms. The van der Waals surface area contributed by atoms with E-state index in [9.17, 15) is 0 Å². The van der Waals surface area contributed by atoms with Gasteiger partial charge in [0, 0.05) is 6.21 Å². The summed E-state index contributed by atoms with van der Waals surface area (Å²) < 4.78 is 11.9. The van der Waals surface area contributed by atoms with Gasteiger partial charge in [0.15, 0.2) is 0 Å². The second-order valence-corrected chi connectivity index (χ2v) is 7.88. The second kappa shape index (κ2) is 11.3. The van der Waals surface area contributed by atoms with Crippen LogP contribution in [0.25, 0.3) is 0 Å². The fourth-order valence-corrected chi connectivity index (χ4v) is 2.29. The van der Waals surface area contributed by atoms with E-state index in [1.165, 1.54) is 0 Å². The molecule has 0 fully saturated rings. The van der Waals surface area contributed by atoms with Gasteiger partial charge >= 0.3 is 0 Å². The smallest absolute Gasteiger partial charge is 0.129 e. The summed E-state index contributed by atoms with van der Waals surface area (Å²) in [6.45, 7) is 11.0. The number of nitrogens with zero attached hydrogens (tertiary/aromatic N) is 1. The predicted octanol–water partition coefficient (Wildman–Crippen LogP) is 6.22. The Hall–Kier alpha value is -1.39. The highest BCUT2D eigenvalue weighted by molar-refractivity contribution is 6.55. The van der Waals surface area contributed by atoms with Crippen LogP contribution < -0.4 is 9.47 Å². The topological polar surface area (TPSA) is 40.0 Å². The van der Waals surface area contributed by atoms with Crippen LogP contribution in [0.15, 0.2) is 27.9 Å².